The van der Waals surface area contributed by atoms with Crippen molar-refractivity contribution in [3.63, 3.8) is 0 Å². The second-order valence-corrected chi connectivity index (χ2v) is 1.82. The largest absolute Gasteiger partial charge is 0.310 e. The van der Waals surface area contributed by atoms with E-state index in [-0.39, 0.29) is 4.70 Å². The van der Waals surface area contributed by atoms with Crippen molar-refractivity contribution in [2.24, 2.45) is 0 Å². The molecule has 48 valence electrons. The molecule has 0 saturated carbocycles. The van der Waals surface area contributed by atoms with E-state index in [2.05, 4.69) is 5.32 Å². The Kier molecular flexibility index (Phi) is 3.35. The molecule has 3 heteroatoms. The average molecular weight is 119 g/mol. The van der Waals surface area contributed by atoms with E-state index in [1.54, 1.807) is 0 Å². The Morgan fingerprint density at radius 2 is 2.25 bits per heavy atom. The molecule has 2 nitrogen and oxygen atoms in total. The molecule has 1 aliphatic heterocycles. The lowest BCUT2D eigenvalue weighted by Crippen LogP contribution is -2.29. The predicted molar refractivity (Wildman–Crippen MR) is 29.6 cm³/mol. The van der Waals surface area contributed by atoms with Crippen LogP contribution in [0.1, 0.15) is 12.8 Å². The van der Waals surface area contributed by atoms with Gasteiger partial charge in [-0.15, -0.1) is 0 Å². The van der Waals surface area contributed by atoms with Gasteiger partial charge in [-0.25, -0.2) is 0 Å². The molecule has 0 atom stereocenters. The lowest BCUT2D eigenvalue weighted by molar-refractivity contribution is -0.119. The van der Waals surface area contributed by atoms with E-state index >= 15 is 0 Å². The first kappa shape index (κ1) is 7.56. The van der Waals surface area contributed by atoms with Gasteiger partial charge in [-0.2, -0.15) is 0 Å². The smallest absolute Gasteiger partial charge is 0.146 e. The van der Waals surface area contributed by atoms with Gasteiger partial charge in [-0.3, -0.25) is 9.50 Å². The Labute approximate surface area is 47.6 Å². The molecule has 8 heavy (non-hydrogen) atoms. The first-order chi connectivity index (χ1) is 3.39. The molecule has 1 saturated heterocycles. The zero-order chi connectivity index (χ0) is 5.11. The van der Waals surface area contributed by atoms with Crippen LogP contribution in [0.2, 0.25) is 0 Å². The summed E-state index contributed by atoms with van der Waals surface area (Å²) in [6, 6.07) is 0. The predicted octanol–water partition coefficient (Wildman–Crippen LogP) is 0.0914. The lowest BCUT2D eigenvalue weighted by atomic mass is 10.1. The number of ketones is 1. The van der Waals surface area contributed by atoms with E-state index in [0.29, 0.717) is 12.3 Å². The zero-order valence-corrected chi connectivity index (χ0v) is 4.64. The van der Waals surface area contributed by atoms with E-state index in [1.807, 2.05) is 0 Å². The summed E-state index contributed by atoms with van der Waals surface area (Å²) >= 11 is 0. The maximum Gasteiger partial charge on any atom is 0.146 e. The van der Waals surface area contributed by atoms with E-state index < -0.39 is 0 Å². The quantitative estimate of drug-likeness (QED) is 0.489. The Balaban J connectivity index is 0.000000490. The molecule has 0 radical (unpaired) electrons. The summed E-state index contributed by atoms with van der Waals surface area (Å²) in [6.07, 6.45) is 1.81. The molecule has 1 aliphatic rings. The van der Waals surface area contributed by atoms with Crippen LogP contribution in [0.25, 0.3) is 0 Å². The van der Waals surface area contributed by atoms with Gasteiger partial charge in [-0.1, -0.05) is 0 Å². The minimum atomic E-state index is 0. The standard InChI is InChI=1S/C5H9NO.FH/c7-5-2-1-3-6-4-5;/h6H,1-4H2;1H. The van der Waals surface area contributed by atoms with Crippen molar-refractivity contribution in [3.8, 4) is 0 Å². The Bertz CT molecular complexity index is 76.5. The van der Waals surface area contributed by atoms with Crippen LogP contribution in [0, 0.1) is 0 Å². The van der Waals surface area contributed by atoms with Gasteiger partial charge in [0.2, 0.25) is 0 Å². The first-order valence-corrected chi connectivity index (χ1v) is 2.62. The normalized spacial score (nSPS) is 19.8. The zero-order valence-electron chi connectivity index (χ0n) is 4.64. The summed E-state index contributed by atoms with van der Waals surface area (Å²) in [5, 5.41) is 2.98. The third-order valence-corrected chi connectivity index (χ3v) is 1.13. The van der Waals surface area contributed by atoms with Crippen LogP contribution in [0.5, 0.6) is 0 Å². The fourth-order valence-electron chi connectivity index (χ4n) is 0.727. The molecule has 1 rings (SSSR count). The van der Waals surface area contributed by atoms with Gasteiger partial charge in [0.15, 0.2) is 0 Å². The summed E-state index contributed by atoms with van der Waals surface area (Å²) in [7, 11) is 0. The van der Waals surface area contributed by atoms with Gasteiger partial charge in [-0.05, 0) is 13.0 Å². The highest BCUT2D eigenvalue weighted by Crippen LogP contribution is 1.92. The van der Waals surface area contributed by atoms with Gasteiger partial charge in [0.05, 0.1) is 6.54 Å². The first-order valence-electron chi connectivity index (χ1n) is 2.62. The number of nitrogens with one attached hydrogen (secondary N) is 1. The number of halogens is 1. The number of carbonyl (C=O) groups is 1. The van der Waals surface area contributed by atoms with Crippen LogP contribution in [0.15, 0.2) is 0 Å². The van der Waals surface area contributed by atoms with Crippen molar-refractivity contribution < 1.29 is 9.50 Å². The van der Waals surface area contributed by atoms with Crippen LogP contribution < -0.4 is 5.32 Å². The molecule has 1 heterocycles. The summed E-state index contributed by atoms with van der Waals surface area (Å²) in [5.41, 5.74) is 0. The SMILES string of the molecule is F.O=C1CCCNC1. The minimum absolute atomic E-state index is 0. The number of carbonyl (C=O) groups excluding carboxylic acids is 1. The molecule has 0 aromatic heterocycles. The number of hydrogen-bond acceptors (Lipinski definition) is 2. The highest BCUT2D eigenvalue weighted by atomic mass is 19.0. The Morgan fingerprint density at radius 3 is 2.50 bits per heavy atom. The second-order valence-electron chi connectivity index (χ2n) is 1.82. The molecule has 0 unspecified atom stereocenters. The van der Waals surface area contributed by atoms with E-state index in [9.17, 15) is 4.79 Å². The van der Waals surface area contributed by atoms with Crippen molar-refractivity contribution in [3.05, 3.63) is 0 Å². The van der Waals surface area contributed by atoms with Crippen LogP contribution in [0.4, 0.5) is 4.70 Å². The van der Waals surface area contributed by atoms with Crippen molar-refractivity contribution in [1.29, 1.82) is 0 Å². The molecular formula is C5H10FNO. The molecule has 0 bridgehead atoms. The Morgan fingerprint density at radius 1 is 1.50 bits per heavy atom. The highest BCUT2D eigenvalue weighted by molar-refractivity contribution is 5.80. The maximum absolute atomic E-state index is 10.4. The third kappa shape index (κ3) is 2.02. The summed E-state index contributed by atoms with van der Waals surface area (Å²) in [5.74, 6) is 0.353. The molecule has 0 aromatic rings. The van der Waals surface area contributed by atoms with Gasteiger partial charge >= 0.3 is 0 Å². The van der Waals surface area contributed by atoms with Gasteiger partial charge in [0.25, 0.3) is 0 Å². The topological polar surface area (TPSA) is 29.1 Å². The maximum atomic E-state index is 10.4. The average Bonchev–Trinajstić information content (AvgIpc) is 1.69. The summed E-state index contributed by atoms with van der Waals surface area (Å²) in [6.45, 7) is 1.62. The fraction of sp³-hybridized carbons (Fsp3) is 0.800. The van der Waals surface area contributed by atoms with Gasteiger partial charge in [0, 0.05) is 6.42 Å². The van der Waals surface area contributed by atoms with E-state index in [4.69, 9.17) is 0 Å². The van der Waals surface area contributed by atoms with E-state index in [1.165, 1.54) is 0 Å². The fourth-order valence-corrected chi connectivity index (χ4v) is 0.727. The molecule has 0 aromatic carbocycles. The van der Waals surface area contributed by atoms with Gasteiger partial charge < -0.3 is 5.32 Å². The minimum Gasteiger partial charge on any atom is -0.310 e. The molecule has 0 aliphatic carbocycles. The number of piperidine rings is 1. The van der Waals surface area contributed by atoms with Crippen LogP contribution in [-0.4, -0.2) is 18.9 Å². The van der Waals surface area contributed by atoms with Gasteiger partial charge in [0.1, 0.15) is 5.78 Å². The van der Waals surface area contributed by atoms with Crippen LogP contribution in [0.3, 0.4) is 0 Å². The Hall–Kier alpha value is -0.440. The molecule has 1 N–H and O–H groups in total. The summed E-state index contributed by atoms with van der Waals surface area (Å²) < 4.78 is 0. The number of Topliss-reactive ketones (excluding diaryl/α,β-unsaturated/α-hetero) is 1. The molecule has 1 fully saturated rings. The molecule has 0 spiro atoms. The lowest BCUT2D eigenvalue weighted by Gasteiger charge is -2.08. The van der Waals surface area contributed by atoms with Crippen LogP contribution >= 0.6 is 0 Å². The summed E-state index contributed by atoms with van der Waals surface area (Å²) in [4.78, 5) is 10.4. The van der Waals surface area contributed by atoms with Crippen molar-refractivity contribution in [1.82, 2.24) is 5.32 Å². The van der Waals surface area contributed by atoms with Crippen molar-refractivity contribution in [2.75, 3.05) is 13.1 Å². The highest BCUT2D eigenvalue weighted by Gasteiger charge is 2.04. The molecular weight excluding hydrogens is 109 g/mol. The monoisotopic (exact) mass is 119 g/mol. The third-order valence-electron chi connectivity index (χ3n) is 1.13. The van der Waals surface area contributed by atoms with E-state index in [0.717, 1.165) is 19.4 Å². The van der Waals surface area contributed by atoms with Crippen molar-refractivity contribution in [2.45, 2.75) is 12.8 Å². The van der Waals surface area contributed by atoms with Crippen LogP contribution in [-0.2, 0) is 4.79 Å². The molecule has 0 amide bonds. The number of hydrogen-bond donors (Lipinski definition) is 1. The number of rotatable bonds is 0. The second kappa shape index (κ2) is 3.55. The van der Waals surface area contributed by atoms with Crippen molar-refractivity contribution >= 4 is 5.78 Å².